The number of aliphatic hydroxyl groups excluding tert-OH is 2. The minimum absolute atomic E-state index is 0.0501. The molecular formula is C50H77NO12. The number of cyclic esters (lactones) is 1. The first-order chi connectivity index (χ1) is 29.8. The van der Waals surface area contributed by atoms with Gasteiger partial charge in [-0.2, -0.15) is 0 Å². The number of carbonyl (C=O) groups is 5. The van der Waals surface area contributed by atoms with Gasteiger partial charge in [0.2, 0.25) is 5.79 Å². The van der Waals surface area contributed by atoms with Gasteiger partial charge in [-0.05, 0) is 114 Å². The molecular weight excluding hydrogens is 807 g/mol. The van der Waals surface area contributed by atoms with E-state index < -0.39 is 77.8 Å². The summed E-state index contributed by atoms with van der Waals surface area (Å²) in [6.07, 6.45) is 13.1. The van der Waals surface area contributed by atoms with Crippen molar-refractivity contribution in [1.82, 2.24) is 4.90 Å². The Bertz CT molecular complexity index is 1700. The number of piperidine rings is 1. The van der Waals surface area contributed by atoms with E-state index in [1.54, 1.807) is 34.0 Å². The van der Waals surface area contributed by atoms with E-state index >= 15 is 0 Å². The number of ketones is 3. The molecule has 1 saturated carbocycles. The number of carbonyl (C=O) groups excluding carboxylic acids is 5. The van der Waals surface area contributed by atoms with E-state index in [0.29, 0.717) is 69.8 Å². The van der Waals surface area contributed by atoms with Gasteiger partial charge in [-0.25, -0.2) is 4.79 Å². The van der Waals surface area contributed by atoms with E-state index in [1.165, 1.54) is 12.0 Å². The number of esters is 1. The maximum absolute atomic E-state index is 14.3. The summed E-state index contributed by atoms with van der Waals surface area (Å²) in [5.74, 6) is -7.65. The van der Waals surface area contributed by atoms with Crippen molar-refractivity contribution in [3.63, 3.8) is 0 Å². The monoisotopic (exact) mass is 884 g/mol. The minimum Gasteiger partial charge on any atom is -0.460 e. The quantitative estimate of drug-likeness (QED) is 0.154. The van der Waals surface area contributed by atoms with Crippen LogP contribution in [0.1, 0.15) is 132 Å². The van der Waals surface area contributed by atoms with Crippen molar-refractivity contribution in [2.24, 2.45) is 35.5 Å². The van der Waals surface area contributed by atoms with Crippen LogP contribution in [0.25, 0.3) is 0 Å². The summed E-state index contributed by atoms with van der Waals surface area (Å²) in [6, 6.07) is -1.11. The number of allylic oxidation sites excluding steroid dienone is 7. The Morgan fingerprint density at radius 2 is 1.62 bits per heavy atom. The molecule has 0 aromatic rings. The van der Waals surface area contributed by atoms with Gasteiger partial charge in [0.05, 0.1) is 18.3 Å². The number of ether oxygens (including phenoxy) is 4. The predicted octanol–water partition coefficient (Wildman–Crippen LogP) is 6.56. The normalized spacial score (nSPS) is 40.1. The number of hydrogen-bond donors (Lipinski definition) is 3. The summed E-state index contributed by atoms with van der Waals surface area (Å²) in [5.41, 5.74) is 1.46. The number of nitrogens with zero attached hydrogens (tertiary/aromatic N) is 1. The summed E-state index contributed by atoms with van der Waals surface area (Å²) >= 11 is 0. The van der Waals surface area contributed by atoms with Crippen molar-refractivity contribution in [2.45, 2.75) is 180 Å². The second-order valence-electron chi connectivity index (χ2n) is 19.3. The van der Waals surface area contributed by atoms with Crippen LogP contribution in [0, 0.1) is 35.5 Å². The molecule has 3 heterocycles. The fourth-order valence-electron chi connectivity index (χ4n) is 9.82. The third kappa shape index (κ3) is 14.1. The summed E-state index contributed by atoms with van der Waals surface area (Å²) in [4.78, 5) is 71.4. The largest absolute Gasteiger partial charge is 0.460 e. The molecule has 0 radical (unpaired) electrons. The highest BCUT2D eigenvalue weighted by atomic mass is 16.6. The number of aliphatic hydroxyl groups is 3. The second kappa shape index (κ2) is 24.3. The van der Waals surface area contributed by atoms with E-state index in [2.05, 4.69) is 0 Å². The number of Topliss-reactive ketones (excluding diaryl/α,β-unsaturated/α-hetero) is 3. The molecule has 1 amide bonds. The fourth-order valence-corrected chi connectivity index (χ4v) is 9.82. The van der Waals surface area contributed by atoms with Gasteiger partial charge in [0.15, 0.2) is 5.78 Å². The minimum atomic E-state index is -2.36. The fraction of sp³-hybridized carbons (Fsp3) is 0.740. The third-order valence-corrected chi connectivity index (χ3v) is 14.1. The molecule has 1 aliphatic carbocycles. The lowest BCUT2D eigenvalue weighted by Gasteiger charge is -2.42. The molecule has 2 bridgehead atoms. The number of amides is 1. The molecule has 2 saturated heterocycles. The molecule has 0 aromatic heterocycles. The van der Waals surface area contributed by atoms with Crippen molar-refractivity contribution in [2.75, 3.05) is 20.8 Å². The van der Waals surface area contributed by atoms with Crippen LogP contribution in [-0.4, -0.2) is 119 Å². The van der Waals surface area contributed by atoms with E-state index in [-0.39, 0.29) is 54.8 Å². The standard InChI is InChI=1S/C50H77NO12/c1-30-15-11-10-12-16-31(2)25-34(5)44(54)46(61-9)45(55)35(6)26-32(3)41(53)29-42(33(4)27-37-20-23-40(52)43(28-37)60-8)62-49(58)39-17-13-14-24-51(39)48(57)47(56)50(59)36(7)19-22-38(63-50)21-18-30/h10-12,15-16,26,31-34,36-40,42-43,45-46,52,55,59H,13-14,17-25,27-29H2,1-9H3/b11-10+,16-12+,30-15+,35-26+/t31-,32-,33-,34-,36-,37+,38-,39?,40-,42+,43-,45-,46+,50-/m1/s1. The Kier molecular flexibility index (Phi) is 20.1. The van der Waals surface area contributed by atoms with E-state index in [9.17, 15) is 39.3 Å². The number of hydrogen-bond acceptors (Lipinski definition) is 12. The van der Waals surface area contributed by atoms with Gasteiger partial charge < -0.3 is 39.2 Å². The van der Waals surface area contributed by atoms with Crippen LogP contribution in [0.15, 0.2) is 47.6 Å². The molecule has 63 heavy (non-hydrogen) atoms. The maximum atomic E-state index is 14.3. The third-order valence-electron chi connectivity index (χ3n) is 14.1. The molecule has 14 atom stereocenters. The van der Waals surface area contributed by atoms with E-state index in [4.69, 9.17) is 18.9 Å². The van der Waals surface area contributed by atoms with Crippen molar-refractivity contribution >= 4 is 29.2 Å². The van der Waals surface area contributed by atoms with Crippen molar-refractivity contribution < 1.29 is 58.2 Å². The van der Waals surface area contributed by atoms with Gasteiger partial charge in [0, 0.05) is 44.9 Å². The summed E-state index contributed by atoms with van der Waals surface area (Å²) in [5, 5.41) is 33.7. The molecule has 3 N–H and O–H groups in total. The summed E-state index contributed by atoms with van der Waals surface area (Å²) in [6.45, 7) is 12.9. The van der Waals surface area contributed by atoms with Crippen LogP contribution in [-0.2, 0) is 42.9 Å². The molecule has 4 rings (SSSR count). The average molecular weight is 884 g/mol. The lowest BCUT2D eigenvalue weighted by molar-refractivity contribution is -0.263. The Hall–Kier alpha value is -3.33. The van der Waals surface area contributed by atoms with Gasteiger partial charge in [-0.1, -0.05) is 76.6 Å². The van der Waals surface area contributed by atoms with E-state index in [1.807, 2.05) is 58.1 Å². The smallest absolute Gasteiger partial charge is 0.329 e. The Morgan fingerprint density at radius 1 is 0.889 bits per heavy atom. The molecule has 13 heteroatoms. The van der Waals surface area contributed by atoms with Crippen LogP contribution in [0.3, 0.4) is 0 Å². The molecule has 0 aromatic carbocycles. The SMILES string of the molecule is CO[C@@H]1C[C@H](C[C@@H](C)[C@@H]2CC(=O)[C@H](C)/C=C(\C)[C@@H](O)[C@@H](OC)C(=O)[C@H](C)C[C@H](C)/C=C/C=C/C=C(\C)CC[C@@H]3CC[C@@H](C)[C@@](O)(O3)C(=O)C(=O)N3CCCCC3C(=O)O2)CC[C@H]1O. The summed E-state index contributed by atoms with van der Waals surface area (Å²) < 4.78 is 23.5. The zero-order valence-corrected chi connectivity index (χ0v) is 39.3. The molecule has 354 valence electrons. The van der Waals surface area contributed by atoms with Gasteiger partial charge >= 0.3 is 5.97 Å². The second-order valence-corrected chi connectivity index (χ2v) is 19.3. The Morgan fingerprint density at radius 3 is 2.32 bits per heavy atom. The highest BCUT2D eigenvalue weighted by Gasteiger charge is 2.53. The molecule has 3 fully saturated rings. The Labute approximate surface area is 375 Å². The average Bonchev–Trinajstić information content (AvgIpc) is 3.26. The number of methoxy groups -OCH3 is 2. The van der Waals surface area contributed by atoms with Gasteiger partial charge in [-0.15, -0.1) is 0 Å². The molecule has 4 aliphatic rings. The van der Waals surface area contributed by atoms with Crippen LogP contribution in [0.5, 0.6) is 0 Å². The van der Waals surface area contributed by atoms with Crippen molar-refractivity contribution in [1.29, 1.82) is 0 Å². The van der Waals surface area contributed by atoms with Gasteiger partial charge in [0.25, 0.3) is 11.7 Å². The highest BCUT2D eigenvalue weighted by molar-refractivity contribution is 6.39. The molecule has 13 nitrogen and oxygen atoms in total. The van der Waals surface area contributed by atoms with E-state index in [0.717, 1.165) is 12.0 Å². The molecule has 1 unspecified atom stereocenters. The lowest BCUT2D eigenvalue weighted by atomic mass is 9.78. The molecule has 0 spiro atoms. The summed E-state index contributed by atoms with van der Waals surface area (Å²) in [7, 11) is 2.95. The predicted molar refractivity (Wildman–Crippen MR) is 239 cm³/mol. The van der Waals surface area contributed by atoms with Gasteiger partial charge in [0.1, 0.15) is 30.1 Å². The van der Waals surface area contributed by atoms with Crippen LogP contribution < -0.4 is 0 Å². The number of fused-ring (bicyclic) bond motifs is 3. The van der Waals surface area contributed by atoms with Gasteiger partial charge in [-0.3, -0.25) is 19.2 Å². The number of rotatable bonds is 5. The van der Waals surface area contributed by atoms with Crippen molar-refractivity contribution in [3.8, 4) is 0 Å². The Balaban J connectivity index is 1.67. The maximum Gasteiger partial charge on any atom is 0.329 e. The topological polar surface area (TPSA) is 186 Å². The highest BCUT2D eigenvalue weighted by Crippen LogP contribution is 2.37. The first-order valence-corrected chi connectivity index (χ1v) is 23.4. The first-order valence-electron chi connectivity index (χ1n) is 23.4. The van der Waals surface area contributed by atoms with Crippen molar-refractivity contribution in [3.05, 3.63) is 47.6 Å². The first kappa shape index (κ1) is 52.3. The zero-order chi connectivity index (χ0) is 46.6. The lowest BCUT2D eigenvalue weighted by Crippen LogP contribution is -2.60. The van der Waals surface area contributed by atoms with Crippen LogP contribution >= 0.6 is 0 Å². The zero-order valence-electron chi connectivity index (χ0n) is 39.3. The molecule has 3 aliphatic heterocycles. The van der Waals surface area contributed by atoms with Crippen LogP contribution in [0.4, 0.5) is 0 Å². The van der Waals surface area contributed by atoms with Crippen LogP contribution in [0.2, 0.25) is 0 Å².